The molecule has 4 rings (SSSR count). The number of para-hydroxylation sites is 1. The topological polar surface area (TPSA) is 27.1 Å². The van der Waals surface area contributed by atoms with E-state index in [1.165, 1.54) is 0 Å². The third-order valence-corrected chi connectivity index (χ3v) is 4.80. The second-order valence-electron chi connectivity index (χ2n) is 6.27. The van der Waals surface area contributed by atoms with Crippen molar-refractivity contribution in [3.8, 4) is 11.3 Å². The number of hydrogen-bond donors (Lipinski definition) is 1. The number of fused-ring (bicyclic) bond motifs is 1. The van der Waals surface area contributed by atoms with Gasteiger partial charge in [-0.05, 0) is 48.5 Å². The molecule has 160 valence electrons. The fraction of sp³-hybridized carbons (Fsp3) is 0. The molecule has 1 aromatic heterocycles. The maximum atomic E-state index is 9.75. The van der Waals surface area contributed by atoms with E-state index in [2.05, 4.69) is 4.99 Å². The molecule has 0 saturated heterocycles. The highest BCUT2D eigenvalue weighted by Crippen LogP contribution is 2.24. The van der Waals surface area contributed by atoms with Crippen molar-refractivity contribution in [1.29, 1.82) is 0 Å². The molecule has 1 heterocycles. The third kappa shape index (κ3) is 6.75. The van der Waals surface area contributed by atoms with E-state index in [0.717, 1.165) is 33.3 Å². The van der Waals surface area contributed by atoms with Crippen LogP contribution in [0.2, 0.25) is 15.1 Å². The quantitative estimate of drug-likeness (QED) is 0.248. The SMILES string of the molecule is Clc1ccc(-c2cc(=[NH+]c3ccc(Cl)cc3Cl)c3ccccc3o2)cc1.F[B-](F)(F)F. The van der Waals surface area contributed by atoms with Gasteiger partial charge in [-0.2, -0.15) is 0 Å². The molecule has 0 unspecified atom stereocenters. The highest BCUT2D eigenvalue weighted by atomic mass is 35.5. The van der Waals surface area contributed by atoms with Gasteiger partial charge < -0.3 is 21.7 Å². The summed E-state index contributed by atoms with van der Waals surface area (Å²) in [5.41, 5.74) is 2.48. The van der Waals surface area contributed by atoms with Gasteiger partial charge in [-0.3, -0.25) is 0 Å². The van der Waals surface area contributed by atoms with E-state index in [9.17, 15) is 17.3 Å². The summed E-state index contributed by atoms with van der Waals surface area (Å²) >= 11 is 18.3. The van der Waals surface area contributed by atoms with Crippen LogP contribution in [0.3, 0.4) is 0 Å². The van der Waals surface area contributed by atoms with Crippen LogP contribution in [0.15, 0.2) is 77.2 Å². The van der Waals surface area contributed by atoms with Crippen LogP contribution in [0, 0.1) is 0 Å². The van der Waals surface area contributed by atoms with Gasteiger partial charge in [0.2, 0.25) is 11.0 Å². The first-order valence-electron chi connectivity index (χ1n) is 8.81. The van der Waals surface area contributed by atoms with E-state index < -0.39 is 7.25 Å². The van der Waals surface area contributed by atoms with Gasteiger partial charge in [0, 0.05) is 21.7 Å². The maximum absolute atomic E-state index is 9.75. The Morgan fingerprint density at radius 2 is 1.35 bits per heavy atom. The molecule has 0 bridgehead atoms. The molecular weight excluding hydrogens is 475 g/mol. The van der Waals surface area contributed by atoms with Crippen LogP contribution < -0.4 is 10.3 Å². The minimum atomic E-state index is -6.00. The van der Waals surface area contributed by atoms with Crippen molar-refractivity contribution in [2.45, 2.75) is 0 Å². The van der Waals surface area contributed by atoms with E-state index in [-0.39, 0.29) is 0 Å². The Bertz CT molecular complexity index is 1270. The van der Waals surface area contributed by atoms with Crippen molar-refractivity contribution < 1.29 is 26.7 Å². The van der Waals surface area contributed by atoms with Crippen molar-refractivity contribution in [2.75, 3.05) is 0 Å². The second-order valence-corrected chi connectivity index (χ2v) is 7.55. The van der Waals surface area contributed by atoms with Gasteiger partial charge in [0.15, 0.2) is 0 Å². The van der Waals surface area contributed by atoms with Gasteiger partial charge in [0.05, 0.1) is 11.5 Å². The van der Waals surface area contributed by atoms with E-state index in [1.54, 1.807) is 12.1 Å². The first kappa shape index (κ1) is 23.2. The van der Waals surface area contributed by atoms with Crippen LogP contribution in [0.5, 0.6) is 0 Å². The van der Waals surface area contributed by atoms with Crippen LogP contribution in [0.1, 0.15) is 0 Å². The van der Waals surface area contributed by atoms with Gasteiger partial charge in [-0.1, -0.05) is 46.9 Å². The third-order valence-electron chi connectivity index (χ3n) is 4.00. The molecule has 3 aromatic carbocycles. The summed E-state index contributed by atoms with van der Waals surface area (Å²) in [5.74, 6) is 0.730. The molecule has 0 aliphatic rings. The van der Waals surface area contributed by atoms with Crippen LogP contribution in [-0.4, -0.2) is 7.25 Å². The number of rotatable bonds is 2. The zero-order valence-corrected chi connectivity index (χ0v) is 17.8. The van der Waals surface area contributed by atoms with Gasteiger partial charge in [0.1, 0.15) is 16.4 Å². The molecule has 0 aliphatic carbocycles. The van der Waals surface area contributed by atoms with Crippen LogP contribution in [0.4, 0.5) is 23.0 Å². The van der Waals surface area contributed by atoms with Crippen molar-refractivity contribution in [3.63, 3.8) is 0 Å². The maximum Gasteiger partial charge on any atom is 0.673 e. The number of halogens is 7. The van der Waals surface area contributed by atoms with Crippen molar-refractivity contribution in [3.05, 3.63) is 93.2 Å². The average molecular weight is 489 g/mol. The van der Waals surface area contributed by atoms with Gasteiger partial charge in [-0.25, -0.2) is 4.99 Å². The summed E-state index contributed by atoms with van der Waals surface area (Å²) in [6, 6.07) is 22.7. The predicted octanol–water partition coefficient (Wildman–Crippen LogP) is 6.67. The molecule has 0 saturated carbocycles. The molecule has 0 aliphatic heterocycles. The van der Waals surface area contributed by atoms with E-state index in [4.69, 9.17) is 39.2 Å². The van der Waals surface area contributed by atoms with Gasteiger partial charge in [-0.15, -0.1) is 0 Å². The fourth-order valence-electron chi connectivity index (χ4n) is 2.73. The van der Waals surface area contributed by atoms with Gasteiger partial charge in [0.25, 0.3) is 0 Å². The number of hydrogen-bond acceptors (Lipinski definition) is 1. The molecule has 1 N–H and O–H groups in total. The Morgan fingerprint density at radius 1 is 0.742 bits per heavy atom. The Morgan fingerprint density at radius 3 is 2.00 bits per heavy atom. The van der Waals surface area contributed by atoms with E-state index >= 15 is 0 Å². The second kappa shape index (κ2) is 9.77. The van der Waals surface area contributed by atoms with Crippen molar-refractivity contribution in [1.82, 2.24) is 0 Å². The summed E-state index contributed by atoms with van der Waals surface area (Å²) in [6.45, 7) is 0. The molecule has 31 heavy (non-hydrogen) atoms. The lowest BCUT2D eigenvalue weighted by Gasteiger charge is -2.03. The lowest BCUT2D eigenvalue weighted by atomic mass is 10.1. The smallest absolute Gasteiger partial charge is 0.456 e. The molecule has 0 atom stereocenters. The van der Waals surface area contributed by atoms with Crippen LogP contribution in [-0.2, 0) is 0 Å². The zero-order chi connectivity index (χ0) is 22.6. The van der Waals surface area contributed by atoms with Crippen LogP contribution in [0.25, 0.3) is 22.3 Å². The Kier molecular flexibility index (Phi) is 7.31. The molecule has 10 heteroatoms. The zero-order valence-electron chi connectivity index (χ0n) is 15.6. The standard InChI is InChI=1S/C21H12Cl3NO.BF4/c22-14-7-5-13(6-8-14)21-12-19(16-3-1-2-4-20(16)26-21)25-18-10-9-15(23)11-17(18)24;2-1(3,4)5/h1-12H;/q;-1/p+1. The monoisotopic (exact) mass is 487 g/mol. The summed E-state index contributed by atoms with van der Waals surface area (Å²) in [6.07, 6.45) is 0. The number of benzene rings is 3. The summed E-state index contributed by atoms with van der Waals surface area (Å²) in [7, 11) is -6.00. The van der Waals surface area contributed by atoms with E-state index in [0.29, 0.717) is 15.1 Å². The summed E-state index contributed by atoms with van der Waals surface area (Å²) in [5, 5.41) is 3.67. The summed E-state index contributed by atoms with van der Waals surface area (Å²) in [4.78, 5) is 3.39. The molecule has 0 radical (unpaired) electrons. The largest absolute Gasteiger partial charge is 0.673 e. The van der Waals surface area contributed by atoms with Crippen molar-refractivity contribution >= 4 is 58.7 Å². The Hall–Kier alpha value is -2.48. The minimum Gasteiger partial charge on any atom is -0.456 e. The molecule has 0 spiro atoms. The lowest BCUT2D eigenvalue weighted by molar-refractivity contribution is -0.400. The predicted molar refractivity (Wildman–Crippen MR) is 117 cm³/mol. The van der Waals surface area contributed by atoms with Crippen molar-refractivity contribution in [2.24, 2.45) is 0 Å². The highest BCUT2D eigenvalue weighted by molar-refractivity contribution is 6.50. The molecule has 0 fully saturated rings. The van der Waals surface area contributed by atoms with Crippen LogP contribution >= 0.6 is 34.8 Å². The highest BCUT2D eigenvalue weighted by Gasteiger charge is 2.20. The number of nitrogens with one attached hydrogen (secondary N) is 1. The minimum absolute atomic E-state index is 0.551. The van der Waals surface area contributed by atoms with Gasteiger partial charge >= 0.3 is 7.25 Å². The first-order chi connectivity index (χ1) is 14.6. The normalized spacial score (nSPS) is 11.9. The lowest BCUT2D eigenvalue weighted by Crippen LogP contribution is -2.70. The van der Waals surface area contributed by atoms with E-state index in [1.807, 2.05) is 60.7 Å². The molecule has 0 amide bonds. The summed E-state index contributed by atoms with van der Waals surface area (Å²) < 4.78 is 45.1. The molecule has 2 nitrogen and oxygen atoms in total. The Labute approximate surface area is 189 Å². The fourth-order valence-corrected chi connectivity index (χ4v) is 3.31. The Balaban J connectivity index is 0.000000491. The molecule has 4 aromatic rings. The first-order valence-corrected chi connectivity index (χ1v) is 9.95. The average Bonchev–Trinajstić information content (AvgIpc) is 2.69. The molecular formula is C21H13BCl3F4NO.